The summed E-state index contributed by atoms with van der Waals surface area (Å²) in [6.07, 6.45) is 13.8. The number of aromatic hydroxyl groups is 1. The lowest BCUT2D eigenvalue weighted by atomic mass is 10.0. The summed E-state index contributed by atoms with van der Waals surface area (Å²) in [7, 11) is 0. The molecule has 2 atom stereocenters. The van der Waals surface area contributed by atoms with Gasteiger partial charge < -0.3 is 40.3 Å². The van der Waals surface area contributed by atoms with Gasteiger partial charge in [0.25, 0.3) is 0 Å². The van der Waals surface area contributed by atoms with Crippen LogP contribution in [-0.4, -0.2) is 58.4 Å². The van der Waals surface area contributed by atoms with Crippen LogP contribution < -0.4 is 10.1 Å². The molecule has 0 aliphatic carbocycles. The highest BCUT2D eigenvalue weighted by molar-refractivity contribution is 5.39. The summed E-state index contributed by atoms with van der Waals surface area (Å²) in [6.45, 7) is 7.98. The van der Waals surface area contributed by atoms with Crippen LogP contribution in [0.25, 0.3) is 0 Å². The molecule has 0 heterocycles. The van der Waals surface area contributed by atoms with Crippen molar-refractivity contribution in [1.29, 1.82) is 0 Å². The van der Waals surface area contributed by atoms with Crippen LogP contribution in [-0.2, 0) is 18.0 Å². The van der Waals surface area contributed by atoms with E-state index < -0.39 is 12.2 Å². The number of ether oxygens (including phenoxy) is 2. The maximum atomic E-state index is 10.6. The quantitative estimate of drug-likeness (QED) is 0.0726. The van der Waals surface area contributed by atoms with E-state index in [9.17, 15) is 25.5 Å². The van der Waals surface area contributed by atoms with Crippen LogP contribution in [0.4, 0.5) is 0 Å². The minimum Gasteiger partial charge on any atom is -0.508 e. The first-order valence-electron chi connectivity index (χ1n) is 15.3. The number of rotatable bonds is 23. The van der Waals surface area contributed by atoms with Gasteiger partial charge in [0, 0.05) is 30.9 Å². The molecule has 0 aliphatic rings. The summed E-state index contributed by atoms with van der Waals surface area (Å²) in [5.41, 5.74) is 3.25. The van der Waals surface area contributed by atoms with E-state index in [2.05, 4.69) is 18.0 Å². The second kappa shape index (κ2) is 21.7. The second-order valence-corrected chi connectivity index (χ2v) is 10.6. The van der Waals surface area contributed by atoms with Crippen LogP contribution >= 0.6 is 0 Å². The van der Waals surface area contributed by atoms with Crippen LogP contribution in [0, 0.1) is 0 Å². The smallest absolute Gasteiger partial charge is 0.124 e. The molecule has 0 saturated heterocycles. The van der Waals surface area contributed by atoms with Crippen molar-refractivity contribution >= 4 is 0 Å². The summed E-state index contributed by atoms with van der Waals surface area (Å²) in [6, 6.07) is 9.62. The average Bonchev–Trinajstić information content (AvgIpc) is 3.03. The van der Waals surface area contributed by atoms with Crippen molar-refractivity contribution in [3.05, 3.63) is 95.1 Å². The van der Waals surface area contributed by atoms with E-state index in [0.29, 0.717) is 34.5 Å². The summed E-state index contributed by atoms with van der Waals surface area (Å²) in [4.78, 5) is 0. The second-order valence-electron chi connectivity index (χ2n) is 10.6. The molecule has 0 amide bonds. The standard InChI is InChI=1S/C35H51NO7/c1-3-5-12-27(4-2)13-8-11-20-42-19-10-7-6-9-18-36-23-33(40)28-15-17-35(31(22-28)25-38)43-26-34(41)29-14-16-32(39)30(21-29)24-37/h3-5,12,14-17,21-22,33-34,36-41H,2,6-11,13,18-20,23-26H2,1H3/b5-3-,27-12+. The molecule has 43 heavy (non-hydrogen) atoms. The highest BCUT2D eigenvalue weighted by Gasteiger charge is 2.15. The van der Waals surface area contributed by atoms with Gasteiger partial charge in [-0.15, -0.1) is 0 Å². The minimum absolute atomic E-state index is 0.0411. The van der Waals surface area contributed by atoms with Gasteiger partial charge >= 0.3 is 0 Å². The molecule has 8 heteroatoms. The van der Waals surface area contributed by atoms with Gasteiger partial charge in [-0.05, 0) is 86.5 Å². The van der Waals surface area contributed by atoms with Crippen LogP contribution in [0.3, 0.4) is 0 Å². The Hall–Kier alpha value is -2.98. The number of aliphatic hydroxyl groups is 4. The molecule has 8 nitrogen and oxygen atoms in total. The fourth-order valence-electron chi connectivity index (χ4n) is 4.55. The number of nitrogens with one attached hydrogen (secondary N) is 1. The number of phenols is 1. The van der Waals surface area contributed by atoms with Crippen molar-refractivity contribution in [3.63, 3.8) is 0 Å². The third-order valence-electron chi connectivity index (χ3n) is 7.19. The Labute approximate surface area is 257 Å². The number of allylic oxidation sites excluding steroid dienone is 5. The maximum Gasteiger partial charge on any atom is 0.124 e. The van der Waals surface area contributed by atoms with Crippen molar-refractivity contribution < 1.29 is 35.0 Å². The zero-order valence-electron chi connectivity index (χ0n) is 25.6. The molecular formula is C35H51NO7. The van der Waals surface area contributed by atoms with Crippen molar-refractivity contribution in [2.24, 2.45) is 0 Å². The Morgan fingerprint density at radius 2 is 1.56 bits per heavy atom. The van der Waals surface area contributed by atoms with E-state index in [0.717, 1.165) is 64.7 Å². The van der Waals surface area contributed by atoms with Crippen LogP contribution in [0.15, 0.2) is 72.9 Å². The van der Waals surface area contributed by atoms with Gasteiger partial charge in [-0.2, -0.15) is 0 Å². The van der Waals surface area contributed by atoms with E-state index >= 15 is 0 Å². The molecule has 2 aromatic rings. The molecular weight excluding hydrogens is 546 g/mol. The molecule has 2 aromatic carbocycles. The van der Waals surface area contributed by atoms with Gasteiger partial charge in [-0.3, -0.25) is 0 Å². The van der Waals surface area contributed by atoms with E-state index in [-0.39, 0.29) is 25.6 Å². The maximum absolute atomic E-state index is 10.6. The summed E-state index contributed by atoms with van der Waals surface area (Å²) in [5.74, 6) is 0.371. The molecule has 0 saturated carbocycles. The Morgan fingerprint density at radius 1 is 0.884 bits per heavy atom. The van der Waals surface area contributed by atoms with Gasteiger partial charge in [0.05, 0.1) is 19.3 Å². The van der Waals surface area contributed by atoms with Crippen molar-refractivity contribution in [3.8, 4) is 11.5 Å². The van der Waals surface area contributed by atoms with Crippen molar-refractivity contribution in [1.82, 2.24) is 5.32 Å². The fourth-order valence-corrected chi connectivity index (χ4v) is 4.55. The van der Waals surface area contributed by atoms with Gasteiger partial charge in [-0.1, -0.05) is 55.9 Å². The monoisotopic (exact) mass is 597 g/mol. The predicted molar refractivity (Wildman–Crippen MR) is 171 cm³/mol. The summed E-state index contributed by atoms with van der Waals surface area (Å²) < 4.78 is 11.5. The first-order chi connectivity index (χ1) is 20.9. The van der Waals surface area contributed by atoms with Crippen molar-refractivity contribution in [2.45, 2.75) is 77.3 Å². The lowest BCUT2D eigenvalue weighted by Crippen LogP contribution is -2.22. The molecule has 2 unspecified atom stereocenters. The average molecular weight is 598 g/mol. The molecule has 0 spiro atoms. The third kappa shape index (κ3) is 13.9. The zero-order valence-corrected chi connectivity index (χ0v) is 25.6. The van der Waals surface area contributed by atoms with Crippen LogP contribution in [0.1, 0.15) is 86.3 Å². The lowest BCUT2D eigenvalue weighted by Gasteiger charge is -2.18. The number of unbranched alkanes of at least 4 members (excludes halogenated alkanes) is 4. The van der Waals surface area contributed by atoms with Gasteiger partial charge in [0.15, 0.2) is 0 Å². The predicted octanol–water partition coefficient (Wildman–Crippen LogP) is 5.55. The van der Waals surface area contributed by atoms with E-state index in [1.54, 1.807) is 24.3 Å². The SMILES string of the molecule is C=C/C(=C\C=C/C)CCCCOCCCCCCNCC(O)c1ccc(OCC(O)c2ccc(O)c(CO)c2)c(CO)c1. The molecule has 0 aliphatic heterocycles. The first-order valence-corrected chi connectivity index (χ1v) is 15.3. The molecule has 0 fully saturated rings. The molecule has 0 radical (unpaired) electrons. The third-order valence-corrected chi connectivity index (χ3v) is 7.19. The number of benzene rings is 2. The van der Waals surface area contributed by atoms with Crippen LogP contribution in [0.5, 0.6) is 11.5 Å². The molecule has 2 rings (SSSR count). The van der Waals surface area contributed by atoms with Gasteiger partial charge in [-0.25, -0.2) is 0 Å². The van der Waals surface area contributed by atoms with E-state index in [1.807, 2.05) is 25.2 Å². The molecule has 0 bridgehead atoms. The number of aliphatic hydroxyl groups excluding tert-OH is 4. The summed E-state index contributed by atoms with van der Waals surface area (Å²) >= 11 is 0. The highest BCUT2D eigenvalue weighted by Crippen LogP contribution is 2.27. The lowest BCUT2D eigenvalue weighted by molar-refractivity contribution is 0.106. The van der Waals surface area contributed by atoms with E-state index in [4.69, 9.17) is 9.47 Å². The number of hydrogen-bond donors (Lipinski definition) is 6. The van der Waals surface area contributed by atoms with Crippen molar-refractivity contribution in [2.75, 3.05) is 32.9 Å². The Balaban J connectivity index is 1.59. The summed E-state index contributed by atoms with van der Waals surface area (Å²) in [5, 5.41) is 53.3. The largest absolute Gasteiger partial charge is 0.508 e. The normalized spacial score (nSPS) is 13.4. The Kier molecular flexibility index (Phi) is 18.2. The molecule has 0 aromatic heterocycles. The number of hydrogen-bond acceptors (Lipinski definition) is 8. The minimum atomic E-state index is -0.989. The molecule has 238 valence electrons. The highest BCUT2D eigenvalue weighted by atomic mass is 16.5. The zero-order chi connectivity index (χ0) is 31.3. The Bertz CT molecular complexity index is 1130. The van der Waals surface area contributed by atoms with Crippen LogP contribution in [0.2, 0.25) is 0 Å². The molecule has 6 N–H and O–H groups in total. The Morgan fingerprint density at radius 3 is 2.28 bits per heavy atom. The van der Waals surface area contributed by atoms with E-state index in [1.165, 1.54) is 17.7 Å². The van der Waals surface area contributed by atoms with Gasteiger partial charge in [0.1, 0.15) is 24.2 Å². The van der Waals surface area contributed by atoms with Gasteiger partial charge in [0.2, 0.25) is 0 Å². The fraction of sp³-hybridized carbons (Fsp3) is 0.486. The first kappa shape index (κ1) is 36.2. The topological polar surface area (TPSA) is 132 Å².